The zero-order chi connectivity index (χ0) is 15.2. The maximum Gasteiger partial charge on any atom is 0.307 e. The van der Waals surface area contributed by atoms with E-state index in [4.69, 9.17) is 9.52 Å². The number of nitrogens with one attached hydrogen (secondary N) is 1. The standard InChI is InChI=1S/C15H21NO4/c1-7-6-10(9(3)20-7)8(2)16-13(17)11-12(14(18)19)15(11,4)5/h6,8,11-12H,1-5H3,(H,16,17)(H,18,19). The summed E-state index contributed by atoms with van der Waals surface area (Å²) in [5, 5.41) is 12.0. The molecule has 20 heavy (non-hydrogen) atoms. The summed E-state index contributed by atoms with van der Waals surface area (Å²) in [6.45, 7) is 9.21. The second-order valence-electron chi connectivity index (χ2n) is 6.21. The Morgan fingerprint density at radius 2 is 1.95 bits per heavy atom. The molecule has 3 unspecified atom stereocenters. The van der Waals surface area contributed by atoms with Gasteiger partial charge in [0.25, 0.3) is 0 Å². The van der Waals surface area contributed by atoms with Gasteiger partial charge < -0.3 is 14.8 Å². The smallest absolute Gasteiger partial charge is 0.307 e. The van der Waals surface area contributed by atoms with E-state index in [1.54, 1.807) is 0 Å². The van der Waals surface area contributed by atoms with Crippen LogP contribution in [0.2, 0.25) is 0 Å². The first-order chi connectivity index (χ1) is 9.16. The molecule has 1 aromatic rings. The van der Waals surface area contributed by atoms with Gasteiger partial charge in [0.2, 0.25) is 5.91 Å². The molecule has 110 valence electrons. The number of furan rings is 1. The lowest BCUT2D eigenvalue weighted by Crippen LogP contribution is -2.30. The highest BCUT2D eigenvalue weighted by Crippen LogP contribution is 2.58. The Balaban J connectivity index is 2.06. The van der Waals surface area contributed by atoms with Crippen molar-refractivity contribution in [3.63, 3.8) is 0 Å². The topological polar surface area (TPSA) is 79.5 Å². The van der Waals surface area contributed by atoms with Crippen LogP contribution in [0.15, 0.2) is 10.5 Å². The largest absolute Gasteiger partial charge is 0.481 e. The summed E-state index contributed by atoms with van der Waals surface area (Å²) in [6.07, 6.45) is 0. The summed E-state index contributed by atoms with van der Waals surface area (Å²) < 4.78 is 5.45. The van der Waals surface area contributed by atoms with E-state index in [1.165, 1.54) is 0 Å². The summed E-state index contributed by atoms with van der Waals surface area (Å²) in [4.78, 5) is 23.3. The maximum atomic E-state index is 12.2. The van der Waals surface area contributed by atoms with E-state index < -0.39 is 23.2 Å². The fraction of sp³-hybridized carbons (Fsp3) is 0.600. The van der Waals surface area contributed by atoms with Crippen LogP contribution in [0.3, 0.4) is 0 Å². The maximum absolute atomic E-state index is 12.2. The number of carbonyl (C=O) groups is 2. The zero-order valence-corrected chi connectivity index (χ0v) is 12.5. The van der Waals surface area contributed by atoms with Gasteiger partial charge >= 0.3 is 5.97 Å². The van der Waals surface area contributed by atoms with Crippen molar-refractivity contribution in [3.8, 4) is 0 Å². The van der Waals surface area contributed by atoms with Crippen molar-refractivity contribution in [3.05, 3.63) is 23.2 Å². The predicted molar refractivity (Wildman–Crippen MR) is 73.1 cm³/mol. The summed E-state index contributed by atoms with van der Waals surface area (Å²) in [6, 6.07) is 1.71. The summed E-state index contributed by atoms with van der Waals surface area (Å²) in [5.74, 6) is -0.585. The summed E-state index contributed by atoms with van der Waals surface area (Å²) >= 11 is 0. The van der Waals surface area contributed by atoms with Crippen LogP contribution in [0.1, 0.15) is 43.9 Å². The molecule has 3 atom stereocenters. The van der Waals surface area contributed by atoms with Crippen molar-refractivity contribution in [2.75, 3.05) is 0 Å². The van der Waals surface area contributed by atoms with Gasteiger partial charge in [-0.2, -0.15) is 0 Å². The second-order valence-corrected chi connectivity index (χ2v) is 6.21. The molecule has 1 aromatic heterocycles. The summed E-state index contributed by atoms with van der Waals surface area (Å²) in [7, 11) is 0. The van der Waals surface area contributed by atoms with Crippen molar-refractivity contribution in [2.24, 2.45) is 17.3 Å². The van der Waals surface area contributed by atoms with Crippen LogP contribution < -0.4 is 5.32 Å². The normalized spacial score (nSPS) is 25.1. The van der Waals surface area contributed by atoms with Crippen LogP contribution in [-0.4, -0.2) is 17.0 Å². The van der Waals surface area contributed by atoms with Crippen LogP contribution >= 0.6 is 0 Å². The Morgan fingerprint density at radius 3 is 2.35 bits per heavy atom. The molecule has 0 bridgehead atoms. The molecule has 0 saturated heterocycles. The van der Waals surface area contributed by atoms with Crippen LogP contribution in [-0.2, 0) is 9.59 Å². The minimum atomic E-state index is -0.905. The van der Waals surface area contributed by atoms with Gasteiger partial charge in [-0.15, -0.1) is 0 Å². The van der Waals surface area contributed by atoms with E-state index >= 15 is 0 Å². The molecule has 0 radical (unpaired) electrons. The van der Waals surface area contributed by atoms with Gasteiger partial charge in [-0.25, -0.2) is 0 Å². The van der Waals surface area contributed by atoms with E-state index in [0.29, 0.717) is 0 Å². The first-order valence-electron chi connectivity index (χ1n) is 6.76. The van der Waals surface area contributed by atoms with Crippen molar-refractivity contribution >= 4 is 11.9 Å². The Bertz CT molecular complexity index is 558. The highest BCUT2D eigenvalue weighted by Gasteiger charge is 2.65. The zero-order valence-electron chi connectivity index (χ0n) is 12.5. The number of carboxylic acids is 1. The third-order valence-electron chi connectivity index (χ3n) is 4.28. The van der Waals surface area contributed by atoms with E-state index in [-0.39, 0.29) is 11.9 Å². The molecule has 1 aliphatic carbocycles. The number of aryl methyl sites for hydroxylation is 2. The summed E-state index contributed by atoms with van der Waals surface area (Å²) in [5.41, 5.74) is 0.456. The lowest BCUT2D eigenvalue weighted by atomic mass is 10.1. The van der Waals surface area contributed by atoms with Gasteiger partial charge in [-0.05, 0) is 32.3 Å². The molecule has 0 aliphatic heterocycles. The molecule has 5 nitrogen and oxygen atoms in total. The highest BCUT2D eigenvalue weighted by atomic mass is 16.4. The lowest BCUT2D eigenvalue weighted by Gasteiger charge is -2.13. The molecule has 1 aliphatic rings. The first kappa shape index (κ1) is 14.6. The SMILES string of the molecule is Cc1cc(C(C)NC(=O)C2C(C(=O)O)C2(C)C)c(C)o1. The Labute approximate surface area is 118 Å². The quantitative estimate of drug-likeness (QED) is 0.887. The molecule has 0 spiro atoms. The molecular formula is C15H21NO4. The lowest BCUT2D eigenvalue weighted by molar-refractivity contribution is -0.140. The van der Waals surface area contributed by atoms with Gasteiger partial charge in [0.05, 0.1) is 17.9 Å². The number of rotatable bonds is 4. The molecule has 1 heterocycles. The predicted octanol–water partition coefficient (Wildman–Crippen LogP) is 2.43. The fourth-order valence-corrected chi connectivity index (χ4v) is 3.05. The van der Waals surface area contributed by atoms with E-state index in [9.17, 15) is 9.59 Å². The van der Waals surface area contributed by atoms with Crippen LogP contribution in [0.4, 0.5) is 0 Å². The molecule has 2 N–H and O–H groups in total. The van der Waals surface area contributed by atoms with Gasteiger partial charge in [0, 0.05) is 5.56 Å². The van der Waals surface area contributed by atoms with Gasteiger partial charge in [0.15, 0.2) is 0 Å². The van der Waals surface area contributed by atoms with Crippen molar-refractivity contribution < 1.29 is 19.1 Å². The Morgan fingerprint density at radius 1 is 1.35 bits per heavy atom. The average Bonchev–Trinajstić information content (AvgIpc) is 2.72. The number of carbonyl (C=O) groups excluding carboxylic acids is 1. The van der Waals surface area contributed by atoms with Crippen LogP contribution in [0, 0.1) is 31.1 Å². The number of hydrogen-bond acceptors (Lipinski definition) is 3. The van der Waals surface area contributed by atoms with E-state index in [1.807, 2.05) is 40.7 Å². The average molecular weight is 279 g/mol. The molecule has 1 fully saturated rings. The monoisotopic (exact) mass is 279 g/mol. The number of hydrogen-bond donors (Lipinski definition) is 2. The van der Waals surface area contributed by atoms with Gasteiger partial charge in [0.1, 0.15) is 11.5 Å². The molecule has 0 aromatic carbocycles. The number of carboxylic acid groups (broad SMARTS) is 1. The van der Waals surface area contributed by atoms with Gasteiger partial charge in [-0.3, -0.25) is 9.59 Å². The van der Waals surface area contributed by atoms with Crippen LogP contribution in [0.5, 0.6) is 0 Å². The van der Waals surface area contributed by atoms with Crippen LogP contribution in [0.25, 0.3) is 0 Å². The van der Waals surface area contributed by atoms with E-state index in [2.05, 4.69) is 5.32 Å². The Hall–Kier alpha value is -1.78. The van der Waals surface area contributed by atoms with Crippen molar-refractivity contribution in [2.45, 2.75) is 40.7 Å². The van der Waals surface area contributed by atoms with Crippen molar-refractivity contribution in [1.82, 2.24) is 5.32 Å². The second kappa shape index (κ2) is 4.65. The van der Waals surface area contributed by atoms with Gasteiger partial charge in [-0.1, -0.05) is 13.8 Å². The molecular weight excluding hydrogens is 258 g/mol. The molecule has 2 rings (SSSR count). The first-order valence-corrected chi connectivity index (χ1v) is 6.76. The number of aliphatic carboxylic acids is 1. The molecule has 1 saturated carbocycles. The minimum absolute atomic E-state index is 0.189. The highest BCUT2D eigenvalue weighted by molar-refractivity contribution is 5.91. The van der Waals surface area contributed by atoms with E-state index in [0.717, 1.165) is 17.1 Å². The minimum Gasteiger partial charge on any atom is -0.481 e. The Kier molecular flexibility index (Phi) is 3.40. The molecule has 5 heteroatoms. The number of amides is 1. The fourth-order valence-electron chi connectivity index (χ4n) is 3.05. The molecule has 1 amide bonds. The van der Waals surface area contributed by atoms with Crippen molar-refractivity contribution in [1.29, 1.82) is 0 Å². The third-order valence-corrected chi connectivity index (χ3v) is 4.28. The third kappa shape index (κ3) is 2.32.